The Morgan fingerprint density at radius 2 is 1.84 bits per heavy atom. The van der Waals surface area contributed by atoms with Gasteiger partial charge in [-0.05, 0) is 48.6 Å². The molecule has 1 heterocycles. The first-order valence-corrected chi connectivity index (χ1v) is 9.34. The Morgan fingerprint density at radius 3 is 2.48 bits per heavy atom. The van der Waals surface area contributed by atoms with E-state index in [0.29, 0.717) is 15.5 Å². The number of benzene rings is 2. The van der Waals surface area contributed by atoms with E-state index in [0.717, 1.165) is 23.4 Å². The second-order valence-electron chi connectivity index (χ2n) is 5.48. The molecule has 0 aliphatic carbocycles. The average molecular weight is 372 g/mol. The third-order valence-electron chi connectivity index (χ3n) is 3.68. The van der Waals surface area contributed by atoms with Gasteiger partial charge >= 0.3 is 0 Å². The molecule has 0 fully saturated rings. The smallest absolute Gasteiger partial charge is 0.281 e. The quantitative estimate of drug-likeness (QED) is 0.654. The number of para-hydroxylation sites is 1. The summed E-state index contributed by atoms with van der Waals surface area (Å²) in [6, 6.07) is 15.4. The van der Waals surface area contributed by atoms with Crippen molar-refractivity contribution < 1.29 is 4.39 Å². The zero-order valence-electron chi connectivity index (χ0n) is 13.7. The van der Waals surface area contributed by atoms with E-state index in [1.807, 2.05) is 30.3 Å². The molecular weight excluding hydrogens is 355 g/mol. The summed E-state index contributed by atoms with van der Waals surface area (Å²) < 4.78 is 15.3. The third-order valence-corrected chi connectivity index (χ3v) is 5.32. The highest BCUT2D eigenvalue weighted by molar-refractivity contribution is 8.23. The molecule has 0 amide bonds. The van der Waals surface area contributed by atoms with Crippen molar-refractivity contribution in [1.82, 2.24) is 9.78 Å². The van der Waals surface area contributed by atoms with Gasteiger partial charge in [0.25, 0.3) is 5.56 Å². The molecular formula is C19H17FN2OS2. The van der Waals surface area contributed by atoms with Crippen LogP contribution in [0.3, 0.4) is 0 Å². The first-order valence-electron chi connectivity index (χ1n) is 7.95. The minimum atomic E-state index is -0.321. The lowest BCUT2D eigenvalue weighted by molar-refractivity contribution is 0.628. The lowest BCUT2D eigenvalue weighted by Gasteiger charge is -2.04. The molecule has 0 bridgehead atoms. The van der Waals surface area contributed by atoms with E-state index in [-0.39, 0.29) is 11.4 Å². The van der Waals surface area contributed by atoms with Gasteiger partial charge in [0.05, 0.1) is 21.1 Å². The van der Waals surface area contributed by atoms with Crippen molar-refractivity contribution >= 4 is 28.2 Å². The van der Waals surface area contributed by atoms with Crippen LogP contribution in [-0.4, -0.2) is 19.7 Å². The summed E-state index contributed by atoms with van der Waals surface area (Å²) in [4.78, 5) is 13.0. The average Bonchev–Trinajstić information content (AvgIpc) is 2.98. The summed E-state index contributed by atoms with van der Waals surface area (Å²) in [5.41, 5.74) is 2.33. The fourth-order valence-corrected chi connectivity index (χ4v) is 3.64. The molecule has 0 spiro atoms. The van der Waals surface area contributed by atoms with Crippen molar-refractivity contribution in [2.45, 2.75) is 13.3 Å². The second-order valence-corrected chi connectivity index (χ2v) is 7.25. The maximum atomic E-state index is 13.3. The van der Waals surface area contributed by atoms with Crippen LogP contribution in [0, 0.1) is 5.82 Å². The molecule has 0 unspecified atom stereocenters. The molecule has 1 aromatic heterocycles. The topological polar surface area (TPSA) is 37.8 Å². The summed E-state index contributed by atoms with van der Waals surface area (Å²) in [5, 5.41) is 3.14. The molecule has 0 aliphatic heterocycles. The number of nitrogens with zero attached hydrogens (tertiary/aromatic N) is 1. The standard InChI is InChI=1S/C19H17FN2OS2/c1-2-12-25-19(24)16-17(13-8-10-14(20)11-9-13)21-22(18(16)23)15-6-4-3-5-7-15/h3-11,21H,2,12H2,1H3. The number of nitrogens with one attached hydrogen (secondary N) is 1. The number of aromatic nitrogens is 2. The van der Waals surface area contributed by atoms with Gasteiger partial charge in [-0.25, -0.2) is 9.07 Å². The molecule has 0 saturated carbocycles. The van der Waals surface area contributed by atoms with Crippen molar-refractivity contribution in [3.05, 3.63) is 76.3 Å². The Labute approximate surface area is 154 Å². The molecule has 0 aliphatic rings. The molecule has 1 N–H and O–H groups in total. The number of hydrogen-bond acceptors (Lipinski definition) is 3. The van der Waals surface area contributed by atoms with E-state index in [1.54, 1.807) is 12.1 Å². The number of hydrogen-bond donors (Lipinski definition) is 1. The van der Waals surface area contributed by atoms with E-state index in [1.165, 1.54) is 28.6 Å². The molecule has 0 radical (unpaired) electrons. The Balaban J connectivity index is 2.16. The zero-order valence-corrected chi connectivity index (χ0v) is 15.3. The van der Waals surface area contributed by atoms with Gasteiger partial charge in [0.15, 0.2) is 0 Å². The number of rotatable bonds is 5. The molecule has 128 valence electrons. The number of thioether (sulfide) groups is 1. The molecule has 25 heavy (non-hydrogen) atoms. The Kier molecular flexibility index (Phi) is 5.50. The fourth-order valence-electron chi connectivity index (χ4n) is 2.48. The predicted molar refractivity (Wildman–Crippen MR) is 106 cm³/mol. The largest absolute Gasteiger partial charge is 0.290 e. The van der Waals surface area contributed by atoms with Crippen molar-refractivity contribution in [2.75, 3.05) is 5.75 Å². The normalized spacial score (nSPS) is 10.8. The van der Waals surface area contributed by atoms with Gasteiger partial charge in [0, 0.05) is 5.56 Å². The van der Waals surface area contributed by atoms with Crippen LogP contribution in [0.5, 0.6) is 0 Å². The van der Waals surface area contributed by atoms with Gasteiger partial charge in [-0.2, -0.15) is 0 Å². The van der Waals surface area contributed by atoms with Crippen LogP contribution < -0.4 is 5.56 Å². The van der Waals surface area contributed by atoms with E-state index in [4.69, 9.17) is 12.2 Å². The second kappa shape index (κ2) is 7.80. The van der Waals surface area contributed by atoms with Crippen molar-refractivity contribution in [2.24, 2.45) is 0 Å². The van der Waals surface area contributed by atoms with Crippen LogP contribution in [0.2, 0.25) is 0 Å². The van der Waals surface area contributed by atoms with E-state index in [9.17, 15) is 9.18 Å². The minimum Gasteiger partial charge on any atom is -0.290 e. The highest BCUT2D eigenvalue weighted by Gasteiger charge is 2.20. The van der Waals surface area contributed by atoms with E-state index >= 15 is 0 Å². The zero-order chi connectivity index (χ0) is 17.8. The Hall–Kier alpha value is -2.18. The van der Waals surface area contributed by atoms with Crippen LogP contribution in [0.4, 0.5) is 4.39 Å². The highest BCUT2D eigenvalue weighted by atomic mass is 32.2. The van der Waals surface area contributed by atoms with Crippen molar-refractivity contribution in [1.29, 1.82) is 0 Å². The maximum absolute atomic E-state index is 13.3. The van der Waals surface area contributed by atoms with Crippen LogP contribution in [0.25, 0.3) is 16.9 Å². The molecule has 3 rings (SSSR count). The Bertz CT molecular complexity index is 930. The highest BCUT2D eigenvalue weighted by Crippen LogP contribution is 2.25. The number of H-pyrrole nitrogens is 1. The van der Waals surface area contributed by atoms with Gasteiger partial charge in [-0.15, -0.1) is 11.8 Å². The lowest BCUT2D eigenvalue weighted by Crippen LogP contribution is -2.19. The third kappa shape index (κ3) is 3.75. The molecule has 6 heteroatoms. The summed E-state index contributed by atoms with van der Waals surface area (Å²) in [7, 11) is 0. The first kappa shape index (κ1) is 17.6. The summed E-state index contributed by atoms with van der Waals surface area (Å²) in [6.07, 6.45) is 0.966. The fraction of sp³-hybridized carbons (Fsp3) is 0.158. The summed E-state index contributed by atoms with van der Waals surface area (Å²) >= 11 is 6.99. The molecule has 0 atom stereocenters. The SMILES string of the molecule is CCCSC(=S)c1c(-c2ccc(F)cc2)[nH]n(-c2ccccc2)c1=O. The van der Waals surface area contributed by atoms with Crippen molar-refractivity contribution in [3.63, 3.8) is 0 Å². The van der Waals surface area contributed by atoms with Crippen molar-refractivity contribution in [3.8, 4) is 16.9 Å². The first-order chi connectivity index (χ1) is 12.1. The predicted octanol–water partition coefficient (Wildman–Crippen LogP) is 4.79. The molecule has 2 aromatic carbocycles. The van der Waals surface area contributed by atoms with E-state index < -0.39 is 0 Å². The minimum absolute atomic E-state index is 0.195. The van der Waals surface area contributed by atoms with Crippen LogP contribution >= 0.6 is 24.0 Å². The molecule has 3 aromatic rings. The van der Waals surface area contributed by atoms with Gasteiger partial charge in [-0.1, -0.05) is 37.3 Å². The monoisotopic (exact) mass is 372 g/mol. The van der Waals surface area contributed by atoms with Crippen LogP contribution in [0.15, 0.2) is 59.4 Å². The maximum Gasteiger partial charge on any atom is 0.281 e. The summed E-state index contributed by atoms with van der Waals surface area (Å²) in [5.74, 6) is 0.524. The Morgan fingerprint density at radius 1 is 1.16 bits per heavy atom. The number of aromatic amines is 1. The molecule has 0 saturated heterocycles. The van der Waals surface area contributed by atoms with Gasteiger partial charge in [0.1, 0.15) is 5.82 Å². The van der Waals surface area contributed by atoms with E-state index in [2.05, 4.69) is 12.0 Å². The van der Waals surface area contributed by atoms with Crippen LogP contribution in [-0.2, 0) is 0 Å². The molecule has 3 nitrogen and oxygen atoms in total. The number of thiocarbonyl (C=S) groups is 1. The van der Waals surface area contributed by atoms with Gasteiger partial charge in [0.2, 0.25) is 0 Å². The van der Waals surface area contributed by atoms with Gasteiger partial charge in [-0.3, -0.25) is 9.89 Å². The summed E-state index contributed by atoms with van der Waals surface area (Å²) in [6.45, 7) is 2.07. The number of halogens is 1. The van der Waals surface area contributed by atoms with Gasteiger partial charge < -0.3 is 0 Å². The van der Waals surface area contributed by atoms with Crippen LogP contribution in [0.1, 0.15) is 18.9 Å². The lowest BCUT2D eigenvalue weighted by atomic mass is 10.1.